The van der Waals surface area contributed by atoms with Gasteiger partial charge in [-0.2, -0.15) is 0 Å². The molecule has 0 fully saturated rings. The Morgan fingerprint density at radius 3 is 2.62 bits per heavy atom. The van der Waals surface area contributed by atoms with E-state index in [1.54, 1.807) is 30.3 Å². The van der Waals surface area contributed by atoms with Gasteiger partial charge in [0.15, 0.2) is 5.82 Å². The number of phenols is 1. The van der Waals surface area contributed by atoms with Gasteiger partial charge >= 0.3 is 0 Å². The fourth-order valence-corrected chi connectivity index (χ4v) is 1.41. The van der Waals surface area contributed by atoms with Gasteiger partial charge in [-0.05, 0) is 12.1 Å². The molecule has 1 aromatic heterocycles. The summed E-state index contributed by atoms with van der Waals surface area (Å²) in [6.07, 6.45) is 0. The van der Waals surface area contributed by atoms with Gasteiger partial charge in [0, 0.05) is 12.6 Å². The van der Waals surface area contributed by atoms with Crippen LogP contribution in [0.5, 0.6) is 5.75 Å². The lowest BCUT2D eigenvalue weighted by Crippen LogP contribution is -2.04. The van der Waals surface area contributed by atoms with Crippen LogP contribution < -0.4 is 11.5 Å². The Labute approximate surface area is 92.8 Å². The number of aromatic hydroxyl groups is 1. The van der Waals surface area contributed by atoms with Crippen LogP contribution in [0.4, 0.5) is 5.82 Å². The number of nitrogens with zero attached hydrogens (tertiary/aromatic N) is 2. The highest BCUT2D eigenvalue weighted by atomic mass is 16.3. The maximum Gasteiger partial charge on any atom is 0.165 e. The topological polar surface area (TPSA) is 98.1 Å². The van der Waals surface area contributed by atoms with Crippen molar-refractivity contribution in [1.29, 1.82) is 0 Å². The van der Waals surface area contributed by atoms with Crippen molar-refractivity contribution in [2.75, 3.05) is 5.73 Å². The second-order valence-corrected chi connectivity index (χ2v) is 3.33. The lowest BCUT2D eigenvalue weighted by molar-refractivity contribution is 0.477. The molecular formula is C11H12N4O. The number of phenolic OH excluding ortho intramolecular Hbond substituents is 1. The highest BCUT2D eigenvalue weighted by Gasteiger charge is 2.08. The SMILES string of the molecule is NCc1cc(N)nc(-c2ccccc2O)n1. The van der Waals surface area contributed by atoms with Gasteiger partial charge in [-0.25, -0.2) is 9.97 Å². The largest absolute Gasteiger partial charge is 0.507 e. The van der Waals surface area contributed by atoms with Crippen LogP contribution in [-0.4, -0.2) is 15.1 Å². The molecule has 0 aliphatic rings. The van der Waals surface area contributed by atoms with Crippen LogP contribution in [0.1, 0.15) is 5.69 Å². The van der Waals surface area contributed by atoms with Crippen molar-refractivity contribution in [3.63, 3.8) is 0 Å². The third-order valence-electron chi connectivity index (χ3n) is 2.15. The molecule has 0 unspecified atom stereocenters. The van der Waals surface area contributed by atoms with Crippen LogP contribution in [0.25, 0.3) is 11.4 Å². The smallest absolute Gasteiger partial charge is 0.165 e. The predicted molar refractivity (Wildman–Crippen MR) is 61.4 cm³/mol. The minimum absolute atomic E-state index is 0.121. The van der Waals surface area contributed by atoms with Crippen molar-refractivity contribution in [2.24, 2.45) is 5.73 Å². The summed E-state index contributed by atoms with van der Waals surface area (Å²) in [6.45, 7) is 0.285. The summed E-state index contributed by atoms with van der Waals surface area (Å²) in [7, 11) is 0. The normalized spacial score (nSPS) is 10.3. The molecule has 0 amide bonds. The average Bonchev–Trinajstić information content (AvgIpc) is 2.28. The first kappa shape index (κ1) is 10.4. The molecule has 5 nitrogen and oxygen atoms in total. The Bertz CT molecular complexity index is 513. The summed E-state index contributed by atoms with van der Waals surface area (Å²) >= 11 is 0. The molecule has 5 N–H and O–H groups in total. The molecular weight excluding hydrogens is 204 g/mol. The highest BCUT2D eigenvalue weighted by molar-refractivity contribution is 5.64. The lowest BCUT2D eigenvalue weighted by atomic mass is 10.2. The zero-order valence-corrected chi connectivity index (χ0v) is 8.59. The van der Waals surface area contributed by atoms with E-state index in [0.29, 0.717) is 22.9 Å². The Balaban J connectivity index is 2.56. The quantitative estimate of drug-likeness (QED) is 0.692. The first-order chi connectivity index (χ1) is 7.70. The summed E-state index contributed by atoms with van der Waals surface area (Å²) in [4.78, 5) is 8.27. The summed E-state index contributed by atoms with van der Waals surface area (Å²) in [5.41, 5.74) is 12.3. The number of aromatic nitrogens is 2. The van der Waals surface area contributed by atoms with E-state index in [0.717, 1.165) is 0 Å². The number of benzene rings is 1. The van der Waals surface area contributed by atoms with E-state index in [1.807, 2.05) is 0 Å². The van der Waals surface area contributed by atoms with Crippen molar-refractivity contribution in [1.82, 2.24) is 9.97 Å². The molecule has 5 heteroatoms. The van der Waals surface area contributed by atoms with Crippen molar-refractivity contribution in [3.8, 4) is 17.1 Å². The maximum atomic E-state index is 9.67. The zero-order valence-electron chi connectivity index (χ0n) is 8.59. The van der Waals surface area contributed by atoms with Crippen molar-refractivity contribution in [3.05, 3.63) is 36.0 Å². The number of nitrogens with two attached hydrogens (primary N) is 2. The zero-order chi connectivity index (χ0) is 11.5. The van der Waals surface area contributed by atoms with Crippen molar-refractivity contribution < 1.29 is 5.11 Å². The lowest BCUT2D eigenvalue weighted by Gasteiger charge is -2.05. The molecule has 0 saturated heterocycles. The summed E-state index contributed by atoms with van der Waals surface area (Å²) in [5, 5.41) is 9.67. The van der Waals surface area contributed by atoms with E-state index >= 15 is 0 Å². The second kappa shape index (κ2) is 4.16. The van der Waals surface area contributed by atoms with Crippen molar-refractivity contribution >= 4 is 5.82 Å². The second-order valence-electron chi connectivity index (χ2n) is 3.33. The summed E-state index contributed by atoms with van der Waals surface area (Å²) in [5.74, 6) is 0.850. The van der Waals surface area contributed by atoms with Gasteiger partial charge in [-0.1, -0.05) is 12.1 Å². The molecule has 0 atom stereocenters. The van der Waals surface area contributed by atoms with Gasteiger partial charge in [-0.3, -0.25) is 0 Å². The van der Waals surface area contributed by atoms with Crippen LogP contribution in [-0.2, 0) is 6.54 Å². The van der Waals surface area contributed by atoms with Crippen molar-refractivity contribution in [2.45, 2.75) is 6.54 Å². The third kappa shape index (κ3) is 1.94. The first-order valence-electron chi connectivity index (χ1n) is 4.82. The third-order valence-corrected chi connectivity index (χ3v) is 2.15. The van der Waals surface area contributed by atoms with Gasteiger partial charge in [0.1, 0.15) is 11.6 Å². The van der Waals surface area contributed by atoms with Crippen LogP contribution in [0.15, 0.2) is 30.3 Å². The minimum atomic E-state index is 0.121. The van der Waals surface area contributed by atoms with Crippen LogP contribution in [0.2, 0.25) is 0 Å². The van der Waals surface area contributed by atoms with E-state index in [2.05, 4.69) is 9.97 Å². The Morgan fingerprint density at radius 1 is 1.19 bits per heavy atom. The molecule has 0 spiro atoms. The Kier molecular flexibility index (Phi) is 2.70. The van der Waals surface area contributed by atoms with E-state index in [1.165, 1.54) is 0 Å². The number of para-hydroxylation sites is 1. The Hall–Kier alpha value is -2.14. The molecule has 0 aliphatic heterocycles. The van der Waals surface area contributed by atoms with Gasteiger partial charge in [0.05, 0.1) is 11.3 Å². The minimum Gasteiger partial charge on any atom is -0.507 e. The van der Waals surface area contributed by atoms with E-state index in [9.17, 15) is 5.11 Å². The monoisotopic (exact) mass is 216 g/mol. The van der Waals surface area contributed by atoms with Gasteiger partial charge in [0.2, 0.25) is 0 Å². The van der Waals surface area contributed by atoms with Crippen LogP contribution in [0, 0.1) is 0 Å². The number of hydrogen-bond donors (Lipinski definition) is 3. The molecule has 1 aromatic carbocycles. The maximum absolute atomic E-state index is 9.67. The van der Waals surface area contributed by atoms with E-state index in [4.69, 9.17) is 11.5 Å². The standard InChI is InChI=1S/C11H12N4O/c12-6-7-5-10(13)15-11(14-7)8-3-1-2-4-9(8)16/h1-5,16H,6,12H2,(H2,13,14,15). The fraction of sp³-hybridized carbons (Fsp3) is 0.0909. The van der Waals surface area contributed by atoms with Gasteiger partial charge in [-0.15, -0.1) is 0 Å². The first-order valence-corrected chi connectivity index (χ1v) is 4.82. The van der Waals surface area contributed by atoms with Crippen LogP contribution >= 0.6 is 0 Å². The molecule has 2 aromatic rings. The molecule has 2 rings (SSSR count). The molecule has 1 heterocycles. The van der Waals surface area contributed by atoms with E-state index in [-0.39, 0.29) is 12.3 Å². The highest BCUT2D eigenvalue weighted by Crippen LogP contribution is 2.26. The number of hydrogen-bond acceptors (Lipinski definition) is 5. The summed E-state index contributed by atoms with van der Waals surface area (Å²) < 4.78 is 0. The predicted octanol–water partition coefficient (Wildman–Crippen LogP) is 0.890. The average molecular weight is 216 g/mol. The molecule has 0 bridgehead atoms. The molecule has 0 saturated carbocycles. The fourth-order valence-electron chi connectivity index (χ4n) is 1.41. The molecule has 16 heavy (non-hydrogen) atoms. The van der Waals surface area contributed by atoms with Crippen LogP contribution in [0.3, 0.4) is 0 Å². The molecule has 0 radical (unpaired) electrons. The van der Waals surface area contributed by atoms with Gasteiger partial charge < -0.3 is 16.6 Å². The van der Waals surface area contributed by atoms with E-state index < -0.39 is 0 Å². The number of rotatable bonds is 2. The molecule has 0 aliphatic carbocycles. The number of anilines is 1. The number of nitrogen functional groups attached to an aromatic ring is 1. The molecule has 82 valence electrons. The summed E-state index contributed by atoms with van der Waals surface area (Å²) in [6, 6.07) is 8.44. The van der Waals surface area contributed by atoms with Gasteiger partial charge in [0.25, 0.3) is 0 Å². The Morgan fingerprint density at radius 2 is 1.94 bits per heavy atom.